The molecule has 0 aliphatic heterocycles. The normalized spacial score (nSPS) is 11.3. The lowest BCUT2D eigenvalue weighted by atomic mass is 9.91. The van der Waals surface area contributed by atoms with Crippen molar-refractivity contribution >= 4 is 32.3 Å². The average Bonchev–Trinajstić information content (AvgIpc) is 3.17. The van der Waals surface area contributed by atoms with Gasteiger partial charge in [-0.3, -0.25) is 0 Å². The van der Waals surface area contributed by atoms with Crippen LogP contribution in [0.1, 0.15) is 0 Å². The van der Waals surface area contributed by atoms with Crippen molar-refractivity contribution in [2.75, 3.05) is 0 Å². The van der Waals surface area contributed by atoms with Crippen LogP contribution in [0, 0.1) is 0 Å². The molecule has 0 aliphatic rings. The molecule has 1 heterocycles. The van der Waals surface area contributed by atoms with E-state index in [2.05, 4.69) is 146 Å². The first-order valence-corrected chi connectivity index (χ1v) is 16.2. The molecule has 0 atom stereocenters. The Morgan fingerprint density at radius 2 is 0.729 bits per heavy atom. The second-order valence-electron chi connectivity index (χ2n) is 12.0. The number of rotatable bonds is 5. The van der Waals surface area contributed by atoms with Gasteiger partial charge in [0.05, 0.1) is 0 Å². The molecule has 3 nitrogen and oxygen atoms in total. The topological polar surface area (TPSA) is 38.7 Å². The summed E-state index contributed by atoms with van der Waals surface area (Å²) in [6.07, 6.45) is 0. The predicted molar refractivity (Wildman–Crippen MR) is 200 cm³/mol. The van der Waals surface area contributed by atoms with Crippen LogP contribution in [0.2, 0.25) is 0 Å². The lowest BCUT2D eigenvalue weighted by molar-refractivity contribution is 1.07. The summed E-state index contributed by atoms with van der Waals surface area (Å²) in [6, 6.07) is 61.7. The molecule has 48 heavy (non-hydrogen) atoms. The lowest BCUT2D eigenvalue weighted by Crippen LogP contribution is -2.00. The third-order valence-corrected chi connectivity index (χ3v) is 9.11. The smallest absolute Gasteiger partial charge is 0.164 e. The summed E-state index contributed by atoms with van der Waals surface area (Å²) < 4.78 is 0. The quantitative estimate of drug-likeness (QED) is 0.182. The van der Waals surface area contributed by atoms with Crippen molar-refractivity contribution < 1.29 is 0 Å². The van der Waals surface area contributed by atoms with Crippen LogP contribution < -0.4 is 0 Å². The van der Waals surface area contributed by atoms with Crippen LogP contribution in [-0.4, -0.2) is 15.0 Å². The fourth-order valence-corrected chi connectivity index (χ4v) is 6.75. The Balaban J connectivity index is 1.19. The maximum atomic E-state index is 5.10. The van der Waals surface area contributed by atoms with Crippen LogP contribution in [0.25, 0.3) is 88.7 Å². The van der Waals surface area contributed by atoms with Crippen molar-refractivity contribution in [3.63, 3.8) is 0 Å². The van der Waals surface area contributed by atoms with E-state index in [1.165, 1.54) is 43.6 Å². The number of hydrogen-bond acceptors (Lipinski definition) is 3. The van der Waals surface area contributed by atoms with Gasteiger partial charge in [-0.05, 0) is 66.7 Å². The zero-order valence-electron chi connectivity index (χ0n) is 26.1. The molecule has 0 bridgehead atoms. The summed E-state index contributed by atoms with van der Waals surface area (Å²) in [6.45, 7) is 0. The molecule has 0 saturated carbocycles. The maximum Gasteiger partial charge on any atom is 0.164 e. The lowest BCUT2D eigenvalue weighted by Gasteiger charge is -2.13. The summed E-state index contributed by atoms with van der Waals surface area (Å²) >= 11 is 0. The summed E-state index contributed by atoms with van der Waals surface area (Å²) in [5.74, 6) is 1.94. The Morgan fingerprint density at radius 1 is 0.250 bits per heavy atom. The molecule has 0 aliphatic carbocycles. The highest BCUT2D eigenvalue weighted by atomic mass is 15.0. The average molecular weight is 612 g/mol. The zero-order valence-corrected chi connectivity index (χ0v) is 26.1. The second-order valence-corrected chi connectivity index (χ2v) is 12.0. The van der Waals surface area contributed by atoms with Gasteiger partial charge in [0.15, 0.2) is 17.5 Å². The SMILES string of the molecule is c1ccc(-c2nc(-c3cccc(-c4ccc(-c5ccccc5)c5ccccc45)c3)nc(-c3ccc4c(ccc5ccccc54)c3)n2)cc1. The first-order chi connectivity index (χ1) is 23.8. The van der Waals surface area contributed by atoms with Crippen LogP contribution >= 0.6 is 0 Å². The van der Waals surface area contributed by atoms with E-state index in [1.807, 2.05) is 30.3 Å². The molecule has 0 unspecified atom stereocenters. The van der Waals surface area contributed by atoms with E-state index in [1.54, 1.807) is 0 Å². The van der Waals surface area contributed by atoms with E-state index in [-0.39, 0.29) is 0 Å². The molecular formula is C45H29N3. The Hall–Kier alpha value is -6.45. The molecule has 0 radical (unpaired) electrons. The van der Waals surface area contributed by atoms with Crippen molar-refractivity contribution in [2.24, 2.45) is 0 Å². The van der Waals surface area contributed by atoms with Crippen LogP contribution in [0.15, 0.2) is 176 Å². The molecule has 0 N–H and O–H groups in total. The Kier molecular flexibility index (Phi) is 6.80. The minimum Gasteiger partial charge on any atom is -0.208 e. The molecule has 8 aromatic carbocycles. The number of benzene rings is 8. The van der Waals surface area contributed by atoms with E-state index < -0.39 is 0 Å². The van der Waals surface area contributed by atoms with Crippen LogP contribution in [-0.2, 0) is 0 Å². The van der Waals surface area contributed by atoms with Crippen molar-refractivity contribution in [1.29, 1.82) is 0 Å². The highest BCUT2D eigenvalue weighted by Crippen LogP contribution is 2.37. The molecule has 3 heteroatoms. The van der Waals surface area contributed by atoms with Crippen LogP contribution in [0.3, 0.4) is 0 Å². The van der Waals surface area contributed by atoms with Gasteiger partial charge < -0.3 is 0 Å². The Bertz CT molecular complexity index is 2610. The highest BCUT2D eigenvalue weighted by Gasteiger charge is 2.15. The summed E-state index contributed by atoms with van der Waals surface area (Å²) in [5.41, 5.74) is 7.57. The molecule has 224 valence electrons. The van der Waals surface area contributed by atoms with Gasteiger partial charge in [-0.25, -0.2) is 15.0 Å². The maximum absolute atomic E-state index is 5.10. The molecule has 0 spiro atoms. The number of fused-ring (bicyclic) bond motifs is 4. The van der Waals surface area contributed by atoms with Gasteiger partial charge in [-0.2, -0.15) is 0 Å². The third kappa shape index (κ3) is 4.99. The van der Waals surface area contributed by atoms with Crippen molar-refractivity contribution in [3.05, 3.63) is 176 Å². The highest BCUT2D eigenvalue weighted by molar-refractivity contribution is 6.08. The zero-order chi connectivity index (χ0) is 31.9. The predicted octanol–water partition coefficient (Wildman–Crippen LogP) is 11.7. The van der Waals surface area contributed by atoms with Gasteiger partial charge >= 0.3 is 0 Å². The van der Waals surface area contributed by atoms with Crippen molar-refractivity contribution in [1.82, 2.24) is 15.0 Å². The fraction of sp³-hybridized carbons (Fsp3) is 0. The first-order valence-electron chi connectivity index (χ1n) is 16.2. The van der Waals surface area contributed by atoms with Gasteiger partial charge in [-0.15, -0.1) is 0 Å². The van der Waals surface area contributed by atoms with E-state index >= 15 is 0 Å². The standard InChI is InChI=1S/C45H29N3/c1-3-12-30(13-4-1)38-26-27-40(42-21-10-9-20-41(38)42)33-17-11-18-35(28-33)44-46-43(32-15-5-2-6-16-32)47-45(48-44)36-24-25-39-34(29-36)23-22-31-14-7-8-19-37(31)39/h1-29H. The number of aromatic nitrogens is 3. The van der Waals surface area contributed by atoms with E-state index in [9.17, 15) is 0 Å². The van der Waals surface area contributed by atoms with Crippen molar-refractivity contribution in [3.8, 4) is 56.4 Å². The molecular weight excluding hydrogens is 583 g/mol. The molecule has 0 amide bonds. The van der Waals surface area contributed by atoms with Gasteiger partial charge in [0.2, 0.25) is 0 Å². The van der Waals surface area contributed by atoms with E-state index in [0.29, 0.717) is 17.5 Å². The Morgan fingerprint density at radius 3 is 1.44 bits per heavy atom. The largest absolute Gasteiger partial charge is 0.208 e. The van der Waals surface area contributed by atoms with Crippen LogP contribution in [0.5, 0.6) is 0 Å². The second kappa shape index (κ2) is 11.7. The fourth-order valence-electron chi connectivity index (χ4n) is 6.75. The molecule has 0 fully saturated rings. The third-order valence-electron chi connectivity index (χ3n) is 9.11. The van der Waals surface area contributed by atoms with E-state index in [0.717, 1.165) is 27.6 Å². The molecule has 9 aromatic rings. The van der Waals surface area contributed by atoms with Crippen molar-refractivity contribution in [2.45, 2.75) is 0 Å². The summed E-state index contributed by atoms with van der Waals surface area (Å²) in [5, 5.41) is 7.28. The number of nitrogens with zero attached hydrogens (tertiary/aromatic N) is 3. The van der Waals surface area contributed by atoms with Gasteiger partial charge in [0, 0.05) is 16.7 Å². The minimum absolute atomic E-state index is 0.643. The monoisotopic (exact) mass is 611 g/mol. The summed E-state index contributed by atoms with van der Waals surface area (Å²) in [7, 11) is 0. The van der Waals surface area contributed by atoms with E-state index in [4.69, 9.17) is 15.0 Å². The minimum atomic E-state index is 0.643. The molecule has 1 aromatic heterocycles. The van der Waals surface area contributed by atoms with Gasteiger partial charge in [0.1, 0.15) is 0 Å². The Labute approximate surface area is 278 Å². The van der Waals surface area contributed by atoms with Gasteiger partial charge in [0.25, 0.3) is 0 Å². The van der Waals surface area contributed by atoms with Gasteiger partial charge in [-0.1, -0.05) is 164 Å². The number of hydrogen-bond donors (Lipinski definition) is 0. The summed E-state index contributed by atoms with van der Waals surface area (Å²) in [4.78, 5) is 15.1. The molecule has 0 saturated heterocycles. The molecule has 9 rings (SSSR count). The first kappa shape index (κ1) is 27.8. The van der Waals surface area contributed by atoms with Crippen LogP contribution in [0.4, 0.5) is 0 Å².